The minimum Gasteiger partial charge on any atom is -0.377 e. The topological polar surface area (TPSA) is 75.7 Å². The highest BCUT2D eigenvalue weighted by atomic mass is 32.2. The second-order valence-electron chi connectivity index (χ2n) is 5.32. The smallest absolute Gasteiger partial charge is 0.242 e. The van der Waals surface area contributed by atoms with Crippen LogP contribution in [0.15, 0.2) is 0 Å². The van der Waals surface area contributed by atoms with Crippen molar-refractivity contribution in [3.8, 4) is 0 Å². The van der Waals surface area contributed by atoms with Gasteiger partial charge < -0.3 is 15.0 Å². The number of nitrogens with zero attached hydrogens (tertiary/aromatic N) is 1. The largest absolute Gasteiger partial charge is 0.377 e. The molecule has 0 radical (unpaired) electrons. The number of hydrogen-bond donors (Lipinski definition) is 1. The van der Waals surface area contributed by atoms with Crippen LogP contribution in [0.4, 0.5) is 0 Å². The summed E-state index contributed by atoms with van der Waals surface area (Å²) in [5, 5.41) is 2.94. The third kappa shape index (κ3) is 3.90. The van der Waals surface area contributed by atoms with Crippen molar-refractivity contribution in [3.05, 3.63) is 0 Å². The SMILES string of the molecule is CNC1COCCN(CC2CCCS(=O)(=O)C2)C1=O. The Kier molecular flexibility index (Phi) is 4.81. The first-order chi connectivity index (χ1) is 9.02. The lowest BCUT2D eigenvalue weighted by molar-refractivity contribution is -0.133. The third-order valence-corrected chi connectivity index (χ3v) is 5.67. The molecule has 0 bridgehead atoms. The zero-order valence-electron chi connectivity index (χ0n) is 11.3. The summed E-state index contributed by atoms with van der Waals surface area (Å²) in [6.07, 6.45) is 1.59. The summed E-state index contributed by atoms with van der Waals surface area (Å²) in [6.45, 7) is 1.98. The second-order valence-corrected chi connectivity index (χ2v) is 7.55. The van der Waals surface area contributed by atoms with Crippen LogP contribution in [0.3, 0.4) is 0 Å². The zero-order chi connectivity index (χ0) is 13.9. The highest BCUT2D eigenvalue weighted by Gasteiger charge is 2.31. The van der Waals surface area contributed by atoms with Crippen LogP contribution in [0, 0.1) is 5.92 Å². The molecule has 2 rings (SSSR count). The van der Waals surface area contributed by atoms with Crippen LogP contribution in [0.1, 0.15) is 12.8 Å². The summed E-state index contributed by atoms with van der Waals surface area (Å²) >= 11 is 0. The van der Waals surface area contributed by atoms with E-state index in [9.17, 15) is 13.2 Å². The van der Waals surface area contributed by atoms with Gasteiger partial charge in [0.1, 0.15) is 6.04 Å². The number of likely N-dealkylation sites (N-methyl/N-ethyl adjacent to an activating group) is 1. The molecule has 2 atom stereocenters. The molecule has 2 aliphatic rings. The van der Waals surface area contributed by atoms with Crippen LogP contribution in [0.2, 0.25) is 0 Å². The predicted molar refractivity (Wildman–Crippen MR) is 71.6 cm³/mol. The van der Waals surface area contributed by atoms with Crippen molar-refractivity contribution in [2.45, 2.75) is 18.9 Å². The molecule has 1 N–H and O–H groups in total. The van der Waals surface area contributed by atoms with E-state index >= 15 is 0 Å². The minimum atomic E-state index is -2.91. The summed E-state index contributed by atoms with van der Waals surface area (Å²) in [5.74, 6) is 0.586. The molecule has 0 aliphatic carbocycles. The average Bonchev–Trinajstić information content (AvgIpc) is 2.51. The maximum atomic E-state index is 12.2. The molecule has 2 saturated heterocycles. The van der Waals surface area contributed by atoms with E-state index in [1.807, 2.05) is 0 Å². The Balaban J connectivity index is 1.98. The lowest BCUT2D eigenvalue weighted by atomic mass is 10.0. The molecule has 0 saturated carbocycles. The van der Waals surface area contributed by atoms with E-state index in [-0.39, 0.29) is 23.6 Å². The minimum absolute atomic E-state index is 0.0166. The lowest BCUT2D eigenvalue weighted by Crippen LogP contribution is -2.48. The summed E-state index contributed by atoms with van der Waals surface area (Å²) in [6, 6.07) is -0.317. The van der Waals surface area contributed by atoms with Crippen LogP contribution in [0.25, 0.3) is 0 Å². The van der Waals surface area contributed by atoms with Gasteiger partial charge in [0.05, 0.1) is 24.7 Å². The van der Waals surface area contributed by atoms with E-state index in [2.05, 4.69) is 5.32 Å². The molecule has 0 spiro atoms. The number of carbonyl (C=O) groups is 1. The van der Waals surface area contributed by atoms with Crippen LogP contribution in [-0.2, 0) is 19.4 Å². The molecule has 6 nitrogen and oxygen atoms in total. The Hall–Kier alpha value is -0.660. The van der Waals surface area contributed by atoms with E-state index in [0.29, 0.717) is 38.5 Å². The molecular weight excluding hydrogens is 268 g/mol. The van der Waals surface area contributed by atoms with E-state index in [1.54, 1.807) is 11.9 Å². The van der Waals surface area contributed by atoms with Crippen molar-refractivity contribution in [3.63, 3.8) is 0 Å². The molecule has 0 aromatic rings. The second kappa shape index (κ2) is 6.19. The number of hydrogen-bond acceptors (Lipinski definition) is 5. The molecule has 0 aromatic carbocycles. The Morgan fingerprint density at radius 2 is 2.26 bits per heavy atom. The van der Waals surface area contributed by atoms with Gasteiger partial charge in [-0.25, -0.2) is 8.42 Å². The molecule has 2 heterocycles. The average molecular weight is 290 g/mol. The Morgan fingerprint density at radius 1 is 1.47 bits per heavy atom. The Morgan fingerprint density at radius 3 is 2.95 bits per heavy atom. The van der Waals surface area contributed by atoms with E-state index in [0.717, 1.165) is 6.42 Å². The molecular formula is C12H22N2O4S. The van der Waals surface area contributed by atoms with Crippen LogP contribution >= 0.6 is 0 Å². The summed E-state index contributed by atoms with van der Waals surface area (Å²) < 4.78 is 28.6. The fourth-order valence-corrected chi connectivity index (χ4v) is 4.50. The summed E-state index contributed by atoms with van der Waals surface area (Å²) in [4.78, 5) is 14.0. The first kappa shape index (κ1) is 14.7. The molecule has 2 unspecified atom stereocenters. The van der Waals surface area contributed by atoms with Gasteiger partial charge in [0.25, 0.3) is 0 Å². The summed E-state index contributed by atoms with van der Waals surface area (Å²) in [7, 11) is -1.18. The van der Waals surface area contributed by atoms with Gasteiger partial charge >= 0.3 is 0 Å². The number of ether oxygens (including phenoxy) is 1. The highest BCUT2D eigenvalue weighted by molar-refractivity contribution is 7.91. The maximum absolute atomic E-state index is 12.2. The Bertz CT molecular complexity index is 423. The van der Waals surface area contributed by atoms with Crippen LogP contribution in [-0.4, -0.2) is 70.1 Å². The lowest BCUT2D eigenvalue weighted by Gasteiger charge is -2.29. The standard InChI is InChI=1S/C12H22N2O4S/c1-13-11-8-18-5-4-14(12(11)15)7-10-3-2-6-19(16,17)9-10/h10-11,13H,2-9H2,1H3. The van der Waals surface area contributed by atoms with Gasteiger partial charge in [-0.2, -0.15) is 0 Å². The molecule has 2 aliphatic heterocycles. The molecule has 19 heavy (non-hydrogen) atoms. The molecule has 0 aromatic heterocycles. The van der Waals surface area contributed by atoms with Gasteiger partial charge in [-0.1, -0.05) is 0 Å². The first-order valence-corrected chi connectivity index (χ1v) is 8.58. The van der Waals surface area contributed by atoms with Gasteiger partial charge in [-0.05, 0) is 25.8 Å². The van der Waals surface area contributed by atoms with Crippen molar-refractivity contribution in [2.75, 3.05) is 44.9 Å². The van der Waals surface area contributed by atoms with Gasteiger partial charge in [-0.15, -0.1) is 0 Å². The highest BCUT2D eigenvalue weighted by Crippen LogP contribution is 2.20. The molecule has 2 fully saturated rings. The maximum Gasteiger partial charge on any atom is 0.242 e. The monoisotopic (exact) mass is 290 g/mol. The van der Waals surface area contributed by atoms with E-state index in [1.165, 1.54) is 0 Å². The number of amides is 1. The van der Waals surface area contributed by atoms with Crippen molar-refractivity contribution in [2.24, 2.45) is 5.92 Å². The Labute approximate surface area is 114 Å². The number of rotatable bonds is 3. The van der Waals surface area contributed by atoms with Gasteiger partial charge in [0.2, 0.25) is 5.91 Å². The first-order valence-electron chi connectivity index (χ1n) is 6.76. The molecule has 1 amide bonds. The van der Waals surface area contributed by atoms with Crippen LogP contribution < -0.4 is 5.32 Å². The van der Waals surface area contributed by atoms with Crippen molar-refractivity contribution in [1.82, 2.24) is 10.2 Å². The number of nitrogens with one attached hydrogen (secondary N) is 1. The number of carbonyl (C=O) groups excluding carboxylic acids is 1. The fourth-order valence-electron chi connectivity index (χ4n) is 2.74. The normalized spacial score (nSPS) is 32.1. The van der Waals surface area contributed by atoms with E-state index < -0.39 is 9.84 Å². The van der Waals surface area contributed by atoms with Gasteiger partial charge in [-0.3, -0.25) is 4.79 Å². The fraction of sp³-hybridized carbons (Fsp3) is 0.917. The third-order valence-electron chi connectivity index (χ3n) is 3.78. The van der Waals surface area contributed by atoms with Gasteiger partial charge in [0, 0.05) is 13.1 Å². The van der Waals surface area contributed by atoms with Crippen molar-refractivity contribution < 1.29 is 17.9 Å². The summed E-state index contributed by atoms with van der Waals surface area (Å²) in [5.41, 5.74) is 0. The van der Waals surface area contributed by atoms with Crippen molar-refractivity contribution in [1.29, 1.82) is 0 Å². The molecule has 110 valence electrons. The quantitative estimate of drug-likeness (QED) is 0.741. The van der Waals surface area contributed by atoms with Gasteiger partial charge in [0.15, 0.2) is 9.84 Å². The van der Waals surface area contributed by atoms with Crippen LogP contribution in [0.5, 0.6) is 0 Å². The van der Waals surface area contributed by atoms with Crippen molar-refractivity contribution >= 4 is 15.7 Å². The van der Waals surface area contributed by atoms with E-state index in [4.69, 9.17) is 4.74 Å². The number of sulfone groups is 1. The molecule has 7 heteroatoms. The zero-order valence-corrected chi connectivity index (χ0v) is 12.1. The predicted octanol–water partition coefficient (Wildman–Crippen LogP) is -0.742.